The predicted octanol–water partition coefficient (Wildman–Crippen LogP) is 3.12. The molecule has 2 amide bonds. The first-order valence-electron chi connectivity index (χ1n) is 10.2. The van der Waals surface area contributed by atoms with Crippen molar-refractivity contribution in [3.8, 4) is 0 Å². The van der Waals surface area contributed by atoms with E-state index in [1.165, 1.54) is 19.3 Å². The van der Waals surface area contributed by atoms with Crippen LogP contribution in [0.1, 0.15) is 67.4 Å². The number of piperidine rings is 1. The van der Waals surface area contributed by atoms with Crippen LogP contribution in [0.15, 0.2) is 12.3 Å². The molecule has 1 aromatic rings. The molecule has 1 aromatic heterocycles. The third kappa shape index (κ3) is 2.85. The number of hydrogen-bond acceptors (Lipinski definition) is 2. The highest BCUT2D eigenvalue weighted by molar-refractivity contribution is 5.96. The van der Waals surface area contributed by atoms with Crippen molar-refractivity contribution in [2.45, 2.75) is 64.3 Å². The van der Waals surface area contributed by atoms with Gasteiger partial charge in [-0.05, 0) is 45.1 Å². The van der Waals surface area contributed by atoms with Crippen molar-refractivity contribution < 1.29 is 9.59 Å². The Morgan fingerprint density at radius 1 is 1.12 bits per heavy atom. The van der Waals surface area contributed by atoms with Crippen molar-refractivity contribution in [2.75, 3.05) is 19.6 Å². The van der Waals surface area contributed by atoms with Crippen LogP contribution in [0.25, 0.3) is 0 Å². The Morgan fingerprint density at radius 2 is 1.88 bits per heavy atom. The van der Waals surface area contributed by atoms with Crippen LogP contribution < -0.4 is 0 Å². The van der Waals surface area contributed by atoms with Gasteiger partial charge in [0.05, 0.1) is 11.0 Å². The minimum Gasteiger partial charge on any atom is -0.354 e. The molecular weight excluding hydrogens is 326 g/mol. The Hall–Kier alpha value is -1.78. The fraction of sp³-hybridized carbons (Fsp3) is 0.714. The lowest BCUT2D eigenvalue weighted by molar-refractivity contribution is -0.149. The summed E-state index contributed by atoms with van der Waals surface area (Å²) in [7, 11) is 1.96. The van der Waals surface area contributed by atoms with Crippen molar-refractivity contribution in [3.05, 3.63) is 23.5 Å². The van der Waals surface area contributed by atoms with Gasteiger partial charge in [0.25, 0.3) is 5.91 Å². The molecule has 4 rings (SSSR count). The fourth-order valence-electron chi connectivity index (χ4n) is 5.27. The second-order valence-electron chi connectivity index (χ2n) is 8.58. The molecule has 3 fully saturated rings. The van der Waals surface area contributed by atoms with Gasteiger partial charge in [0, 0.05) is 44.6 Å². The van der Waals surface area contributed by atoms with E-state index in [1.54, 1.807) is 0 Å². The molecule has 1 atom stereocenters. The molecule has 5 heteroatoms. The molecule has 0 bridgehead atoms. The topological polar surface area (TPSA) is 45.6 Å². The molecule has 1 spiro atoms. The van der Waals surface area contributed by atoms with Gasteiger partial charge in [-0.2, -0.15) is 0 Å². The van der Waals surface area contributed by atoms with Gasteiger partial charge in [-0.1, -0.05) is 19.3 Å². The third-order valence-electron chi connectivity index (χ3n) is 7.04. The Bertz CT molecular complexity index is 704. The summed E-state index contributed by atoms with van der Waals surface area (Å²) in [6.07, 6.45) is 10.9. The highest BCUT2D eigenvalue weighted by atomic mass is 16.2. The summed E-state index contributed by atoms with van der Waals surface area (Å²) in [6.45, 7) is 4.20. The van der Waals surface area contributed by atoms with Crippen molar-refractivity contribution in [1.29, 1.82) is 0 Å². The second kappa shape index (κ2) is 6.75. The number of aryl methyl sites for hydroxylation is 1. The first kappa shape index (κ1) is 17.6. The molecule has 2 aliphatic heterocycles. The monoisotopic (exact) mass is 357 g/mol. The van der Waals surface area contributed by atoms with E-state index in [9.17, 15) is 9.59 Å². The average Bonchev–Trinajstić information content (AvgIpc) is 3.23. The van der Waals surface area contributed by atoms with Gasteiger partial charge in [-0.3, -0.25) is 9.59 Å². The molecule has 1 saturated carbocycles. The molecule has 26 heavy (non-hydrogen) atoms. The van der Waals surface area contributed by atoms with E-state index >= 15 is 0 Å². The van der Waals surface area contributed by atoms with Crippen molar-refractivity contribution in [2.24, 2.45) is 12.5 Å². The summed E-state index contributed by atoms with van der Waals surface area (Å²) < 4.78 is 1.98. The quantitative estimate of drug-likeness (QED) is 0.816. The molecule has 142 valence electrons. The molecule has 0 N–H and O–H groups in total. The molecular formula is C21H31N3O2. The number of carbonyl (C=O) groups excluding carboxylic acids is 2. The van der Waals surface area contributed by atoms with Crippen LogP contribution in [0.5, 0.6) is 0 Å². The maximum Gasteiger partial charge on any atom is 0.255 e. The van der Waals surface area contributed by atoms with E-state index in [1.807, 2.05) is 35.7 Å². The van der Waals surface area contributed by atoms with E-state index in [2.05, 4.69) is 4.90 Å². The summed E-state index contributed by atoms with van der Waals surface area (Å²) >= 11 is 0. The smallest absolute Gasteiger partial charge is 0.255 e. The lowest BCUT2D eigenvalue weighted by Gasteiger charge is -2.44. The Morgan fingerprint density at radius 3 is 2.58 bits per heavy atom. The molecule has 3 heterocycles. The zero-order valence-corrected chi connectivity index (χ0v) is 16.2. The summed E-state index contributed by atoms with van der Waals surface area (Å²) in [4.78, 5) is 30.5. The number of hydrogen-bond donors (Lipinski definition) is 0. The van der Waals surface area contributed by atoms with Crippen molar-refractivity contribution in [3.63, 3.8) is 0 Å². The van der Waals surface area contributed by atoms with Gasteiger partial charge in [0.2, 0.25) is 5.91 Å². The molecule has 0 radical (unpaired) electrons. The molecule has 3 aliphatic rings. The minimum absolute atomic E-state index is 0.0857. The predicted molar refractivity (Wildman–Crippen MR) is 101 cm³/mol. The number of likely N-dealkylation sites (tertiary alicyclic amines) is 2. The number of nitrogens with zero attached hydrogens (tertiary/aromatic N) is 3. The van der Waals surface area contributed by atoms with Crippen molar-refractivity contribution >= 4 is 11.8 Å². The van der Waals surface area contributed by atoms with Gasteiger partial charge < -0.3 is 14.4 Å². The standard InChI is InChI=1S/C21H31N3O2/c1-16-18(9-13-22(16)2)19(25)23-14-11-21(15-23)10-6-12-24(20(21)26)17-7-4-3-5-8-17/h9,13,17H,3-8,10-12,14-15H2,1-2H3. The maximum absolute atomic E-state index is 13.4. The van der Waals surface area contributed by atoms with E-state index in [4.69, 9.17) is 0 Å². The van der Waals surface area contributed by atoms with Gasteiger partial charge in [0.1, 0.15) is 0 Å². The first-order chi connectivity index (χ1) is 12.5. The van der Waals surface area contributed by atoms with Crippen LogP contribution >= 0.6 is 0 Å². The Labute approximate surface area is 156 Å². The largest absolute Gasteiger partial charge is 0.354 e. The summed E-state index contributed by atoms with van der Waals surface area (Å²) in [5, 5.41) is 0. The lowest BCUT2D eigenvalue weighted by Crippen LogP contribution is -2.54. The normalized spacial score (nSPS) is 27.5. The zero-order chi connectivity index (χ0) is 18.3. The SMILES string of the molecule is Cc1c(C(=O)N2CCC3(CCCN(C4CCCCC4)C3=O)C2)ccn1C. The second-order valence-corrected chi connectivity index (χ2v) is 8.58. The third-order valence-corrected chi connectivity index (χ3v) is 7.04. The maximum atomic E-state index is 13.4. The summed E-state index contributed by atoms with van der Waals surface area (Å²) in [6, 6.07) is 2.34. The van der Waals surface area contributed by atoms with E-state index in [-0.39, 0.29) is 11.3 Å². The molecule has 0 aromatic carbocycles. The summed E-state index contributed by atoms with van der Waals surface area (Å²) in [5.74, 6) is 0.415. The Kier molecular flexibility index (Phi) is 4.57. The number of rotatable bonds is 2. The average molecular weight is 357 g/mol. The molecule has 5 nitrogen and oxygen atoms in total. The first-order valence-corrected chi connectivity index (χ1v) is 10.2. The van der Waals surface area contributed by atoms with E-state index in [0.29, 0.717) is 25.0 Å². The summed E-state index contributed by atoms with van der Waals surface area (Å²) in [5.41, 5.74) is 1.44. The lowest BCUT2D eigenvalue weighted by atomic mass is 9.77. The minimum atomic E-state index is -0.325. The zero-order valence-electron chi connectivity index (χ0n) is 16.2. The van der Waals surface area contributed by atoms with Gasteiger partial charge >= 0.3 is 0 Å². The van der Waals surface area contributed by atoms with Gasteiger partial charge in [-0.25, -0.2) is 0 Å². The van der Waals surface area contributed by atoms with E-state index in [0.717, 1.165) is 49.9 Å². The van der Waals surface area contributed by atoms with Gasteiger partial charge in [-0.15, -0.1) is 0 Å². The van der Waals surface area contributed by atoms with Crippen LogP contribution in [-0.2, 0) is 11.8 Å². The van der Waals surface area contributed by atoms with E-state index < -0.39 is 0 Å². The van der Waals surface area contributed by atoms with Crippen LogP contribution in [-0.4, -0.2) is 51.9 Å². The highest BCUT2D eigenvalue weighted by Gasteiger charge is 2.50. The van der Waals surface area contributed by atoms with Crippen LogP contribution in [0.3, 0.4) is 0 Å². The molecule has 2 saturated heterocycles. The fourth-order valence-corrected chi connectivity index (χ4v) is 5.27. The van der Waals surface area contributed by atoms with Crippen LogP contribution in [0.2, 0.25) is 0 Å². The highest BCUT2D eigenvalue weighted by Crippen LogP contribution is 2.42. The van der Waals surface area contributed by atoms with Crippen molar-refractivity contribution in [1.82, 2.24) is 14.4 Å². The van der Waals surface area contributed by atoms with Gasteiger partial charge in [0.15, 0.2) is 0 Å². The molecule has 1 unspecified atom stereocenters. The number of aromatic nitrogens is 1. The Balaban J connectivity index is 1.50. The number of amides is 2. The van der Waals surface area contributed by atoms with Crippen LogP contribution in [0.4, 0.5) is 0 Å². The number of carbonyl (C=O) groups is 2. The van der Waals surface area contributed by atoms with Crippen LogP contribution in [0, 0.1) is 12.3 Å². The molecule has 1 aliphatic carbocycles.